The van der Waals surface area contributed by atoms with Crippen LogP contribution >= 0.6 is 11.3 Å². The number of aromatic nitrogens is 1. The molecule has 2 heterocycles. The summed E-state index contributed by atoms with van der Waals surface area (Å²) in [6.07, 6.45) is 0. The Morgan fingerprint density at radius 1 is 1.39 bits per heavy atom. The van der Waals surface area contributed by atoms with Gasteiger partial charge in [-0.3, -0.25) is 0 Å². The number of carbonyl (C=O) groups is 1. The van der Waals surface area contributed by atoms with E-state index < -0.39 is 11.8 Å². The van der Waals surface area contributed by atoms with E-state index in [1.165, 1.54) is 19.2 Å². The summed E-state index contributed by atoms with van der Waals surface area (Å²) in [5, 5.41) is 0. The monoisotopic (exact) mass is 265 g/mol. The minimum atomic E-state index is -0.569. The van der Waals surface area contributed by atoms with Gasteiger partial charge in [-0.05, 0) is 32.0 Å². The number of carbonyl (C=O) groups excluding carboxylic acids is 1. The molecule has 0 unspecified atom stereocenters. The van der Waals surface area contributed by atoms with Crippen molar-refractivity contribution in [2.24, 2.45) is 0 Å². The lowest BCUT2D eigenvalue weighted by Gasteiger charge is -2.04. The normalized spacial score (nSPS) is 10.4. The van der Waals surface area contributed by atoms with Crippen molar-refractivity contribution in [3.8, 4) is 11.3 Å². The fourth-order valence-electron chi connectivity index (χ4n) is 1.72. The second kappa shape index (κ2) is 4.86. The number of thiophene rings is 1. The highest BCUT2D eigenvalue weighted by Crippen LogP contribution is 2.31. The molecule has 0 amide bonds. The summed E-state index contributed by atoms with van der Waals surface area (Å²) in [6, 6.07) is 4.42. The molecule has 0 saturated carbocycles. The topological polar surface area (TPSA) is 39.2 Å². The van der Waals surface area contributed by atoms with Crippen molar-refractivity contribution in [1.29, 1.82) is 0 Å². The molecular formula is C13H12FNO2S. The molecule has 0 atom stereocenters. The van der Waals surface area contributed by atoms with Gasteiger partial charge in [0.2, 0.25) is 0 Å². The summed E-state index contributed by atoms with van der Waals surface area (Å²) in [4.78, 5) is 17.5. The first-order chi connectivity index (χ1) is 8.52. The number of methoxy groups -OCH3 is 1. The van der Waals surface area contributed by atoms with Crippen molar-refractivity contribution >= 4 is 17.3 Å². The zero-order valence-corrected chi connectivity index (χ0v) is 11.1. The van der Waals surface area contributed by atoms with Gasteiger partial charge in [0.05, 0.1) is 7.11 Å². The first-order valence-electron chi connectivity index (χ1n) is 5.35. The molecule has 0 saturated heterocycles. The standard InChI is InChI=1S/C13H12FNO2S/c1-7-6-9(8(2)18-7)12-10(14)4-5-11(15-12)13(16)17-3/h4-6H,1-3H3. The molecule has 2 aromatic rings. The van der Waals surface area contributed by atoms with Crippen LogP contribution < -0.4 is 0 Å². The van der Waals surface area contributed by atoms with Crippen LogP contribution in [0.25, 0.3) is 11.3 Å². The average Bonchev–Trinajstić information content (AvgIpc) is 2.68. The minimum absolute atomic E-state index is 0.108. The predicted molar refractivity (Wildman–Crippen MR) is 68.3 cm³/mol. The van der Waals surface area contributed by atoms with Crippen LogP contribution in [0.5, 0.6) is 0 Å². The number of aryl methyl sites for hydroxylation is 2. The highest BCUT2D eigenvalue weighted by atomic mass is 32.1. The van der Waals surface area contributed by atoms with E-state index in [0.717, 1.165) is 15.3 Å². The van der Waals surface area contributed by atoms with E-state index in [1.54, 1.807) is 11.3 Å². The van der Waals surface area contributed by atoms with Gasteiger partial charge < -0.3 is 4.74 Å². The fraction of sp³-hybridized carbons (Fsp3) is 0.231. The predicted octanol–water partition coefficient (Wildman–Crippen LogP) is 3.35. The number of ether oxygens (including phenoxy) is 1. The number of hydrogen-bond donors (Lipinski definition) is 0. The Morgan fingerprint density at radius 2 is 2.11 bits per heavy atom. The molecule has 0 aliphatic rings. The van der Waals surface area contributed by atoms with Crippen molar-refractivity contribution in [1.82, 2.24) is 4.98 Å². The molecule has 0 fully saturated rings. The van der Waals surface area contributed by atoms with Gasteiger partial charge in [-0.1, -0.05) is 0 Å². The third kappa shape index (κ3) is 2.26. The summed E-state index contributed by atoms with van der Waals surface area (Å²) >= 11 is 1.57. The number of hydrogen-bond acceptors (Lipinski definition) is 4. The Hall–Kier alpha value is -1.75. The maximum Gasteiger partial charge on any atom is 0.356 e. The number of pyridine rings is 1. The third-order valence-electron chi connectivity index (χ3n) is 2.54. The highest BCUT2D eigenvalue weighted by molar-refractivity contribution is 7.12. The Kier molecular flexibility index (Phi) is 3.43. The van der Waals surface area contributed by atoms with Gasteiger partial charge >= 0.3 is 5.97 Å². The lowest BCUT2D eigenvalue weighted by molar-refractivity contribution is 0.0594. The molecule has 5 heteroatoms. The summed E-state index contributed by atoms with van der Waals surface area (Å²) in [5.74, 6) is -1.01. The summed E-state index contributed by atoms with van der Waals surface area (Å²) in [6.45, 7) is 3.85. The molecule has 2 aromatic heterocycles. The van der Waals surface area contributed by atoms with Gasteiger partial charge in [-0.2, -0.15) is 0 Å². The van der Waals surface area contributed by atoms with Gasteiger partial charge in [0.15, 0.2) is 0 Å². The molecule has 0 radical (unpaired) electrons. The first-order valence-corrected chi connectivity index (χ1v) is 6.17. The zero-order valence-electron chi connectivity index (χ0n) is 10.3. The van der Waals surface area contributed by atoms with E-state index in [0.29, 0.717) is 0 Å². The van der Waals surface area contributed by atoms with E-state index in [2.05, 4.69) is 9.72 Å². The molecule has 0 spiro atoms. The molecule has 0 aliphatic heterocycles. The van der Waals surface area contributed by atoms with E-state index >= 15 is 0 Å². The minimum Gasteiger partial charge on any atom is -0.464 e. The van der Waals surface area contributed by atoms with Crippen molar-refractivity contribution in [2.75, 3.05) is 7.11 Å². The average molecular weight is 265 g/mol. The van der Waals surface area contributed by atoms with E-state index in [1.807, 2.05) is 19.9 Å². The summed E-state index contributed by atoms with van der Waals surface area (Å²) in [5.41, 5.74) is 1.03. The summed E-state index contributed by atoms with van der Waals surface area (Å²) < 4.78 is 18.4. The Labute approximate surface area is 108 Å². The van der Waals surface area contributed by atoms with E-state index in [-0.39, 0.29) is 11.4 Å². The van der Waals surface area contributed by atoms with E-state index in [4.69, 9.17) is 0 Å². The highest BCUT2D eigenvalue weighted by Gasteiger charge is 2.16. The Balaban J connectivity index is 2.56. The molecule has 2 rings (SSSR count). The Bertz CT molecular complexity index is 607. The quantitative estimate of drug-likeness (QED) is 0.782. The molecule has 3 nitrogen and oxygen atoms in total. The maximum absolute atomic E-state index is 13.8. The molecule has 18 heavy (non-hydrogen) atoms. The second-order valence-electron chi connectivity index (χ2n) is 3.85. The van der Waals surface area contributed by atoms with Crippen LogP contribution in [0.2, 0.25) is 0 Å². The lowest BCUT2D eigenvalue weighted by atomic mass is 10.1. The van der Waals surface area contributed by atoms with Crippen LogP contribution in [0.15, 0.2) is 18.2 Å². The fourth-order valence-corrected chi connectivity index (χ4v) is 2.64. The van der Waals surface area contributed by atoms with Gasteiger partial charge in [0.25, 0.3) is 0 Å². The van der Waals surface area contributed by atoms with Crippen LogP contribution in [0.4, 0.5) is 4.39 Å². The van der Waals surface area contributed by atoms with Crippen molar-refractivity contribution in [3.63, 3.8) is 0 Å². The molecular weight excluding hydrogens is 253 g/mol. The number of nitrogens with zero attached hydrogens (tertiary/aromatic N) is 1. The summed E-state index contributed by atoms with van der Waals surface area (Å²) in [7, 11) is 1.27. The number of esters is 1. The Morgan fingerprint density at radius 3 is 2.67 bits per heavy atom. The van der Waals surface area contributed by atoms with Crippen LogP contribution in [-0.4, -0.2) is 18.1 Å². The van der Waals surface area contributed by atoms with Crippen LogP contribution in [0.3, 0.4) is 0 Å². The van der Waals surface area contributed by atoms with Crippen LogP contribution in [-0.2, 0) is 4.74 Å². The SMILES string of the molecule is COC(=O)c1ccc(F)c(-c2cc(C)sc2C)n1. The lowest BCUT2D eigenvalue weighted by Crippen LogP contribution is -2.05. The van der Waals surface area contributed by atoms with Crippen molar-refractivity contribution < 1.29 is 13.9 Å². The smallest absolute Gasteiger partial charge is 0.356 e. The van der Waals surface area contributed by atoms with Gasteiger partial charge in [-0.15, -0.1) is 11.3 Å². The van der Waals surface area contributed by atoms with Gasteiger partial charge in [0, 0.05) is 15.3 Å². The first kappa shape index (κ1) is 12.7. The molecule has 0 aliphatic carbocycles. The largest absolute Gasteiger partial charge is 0.464 e. The third-order valence-corrected chi connectivity index (χ3v) is 3.50. The molecule has 94 valence electrons. The van der Waals surface area contributed by atoms with Crippen molar-refractivity contribution in [2.45, 2.75) is 13.8 Å². The van der Waals surface area contributed by atoms with Crippen molar-refractivity contribution in [3.05, 3.63) is 39.5 Å². The molecule has 0 N–H and O–H groups in total. The maximum atomic E-state index is 13.8. The molecule has 0 aromatic carbocycles. The zero-order chi connectivity index (χ0) is 13.3. The molecule has 0 bridgehead atoms. The van der Waals surface area contributed by atoms with Gasteiger partial charge in [0.1, 0.15) is 17.2 Å². The second-order valence-corrected chi connectivity index (χ2v) is 5.31. The van der Waals surface area contributed by atoms with E-state index in [9.17, 15) is 9.18 Å². The van der Waals surface area contributed by atoms with Gasteiger partial charge in [-0.25, -0.2) is 14.2 Å². The van der Waals surface area contributed by atoms with Crippen LogP contribution in [0, 0.1) is 19.7 Å². The van der Waals surface area contributed by atoms with Crippen LogP contribution in [0.1, 0.15) is 20.2 Å². The number of halogens is 1. The number of rotatable bonds is 2.